The van der Waals surface area contributed by atoms with Crippen LogP contribution in [0.15, 0.2) is 52.3 Å². The van der Waals surface area contributed by atoms with Crippen LogP contribution in [0.1, 0.15) is 11.1 Å². The molecule has 0 atom stereocenters. The molecule has 21 heavy (non-hydrogen) atoms. The molecule has 0 aliphatic rings. The Bertz CT molecular complexity index is 669. The minimum Gasteiger partial charge on any atom is -0.384 e. The van der Waals surface area contributed by atoms with E-state index in [1.807, 2.05) is 0 Å². The molecule has 7 heteroatoms. The Kier molecular flexibility index (Phi) is 4.49. The van der Waals surface area contributed by atoms with E-state index in [2.05, 4.69) is 0 Å². The molecule has 110 valence electrons. The molecule has 2 aromatic rings. The van der Waals surface area contributed by atoms with E-state index in [1.54, 1.807) is 24.3 Å². The van der Waals surface area contributed by atoms with E-state index in [0.29, 0.717) is 9.92 Å². The lowest BCUT2D eigenvalue weighted by atomic mass is 10.1. The minimum atomic E-state index is -4.54. The number of halogens is 4. The number of amidine groups is 1. The Hall–Kier alpha value is -1.66. The molecule has 0 heterocycles. The van der Waals surface area contributed by atoms with Crippen molar-refractivity contribution in [2.45, 2.75) is 16.0 Å². The Morgan fingerprint density at radius 1 is 1.05 bits per heavy atom. The number of hydrogen-bond donors (Lipinski definition) is 2. The second kappa shape index (κ2) is 5.99. The number of hydrogen-bond acceptors (Lipinski definition) is 2. The van der Waals surface area contributed by atoms with Crippen molar-refractivity contribution in [3.63, 3.8) is 0 Å². The second-order valence-electron chi connectivity index (χ2n) is 4.17. The molecule has 0 saturated carbocycles. The quantitative estimate of drug-likeness (QED) is 0.627. The van der Waals surface area contributed by atoms with Gasteiger partial charge in [-0.2, -0.15) is 13.2 Å². The highest BCUT2D eigenvalue weighted by Gasteiger charge is 2.34. The van der Waals surface area contributed by atoms with E-state index in [4.69, 9.17) is 22.7 Å². The van der Waals surface area contributed by atoms with Gasteiger partial charge in [-0.1, -0.05) is 23.4 Å². The largest absolute Gasteiger partial charge is 0.417 e. The maximum atomic E-state index is 12.8. The van der Waals surface area contributed by atoms with Crippen LogP contribution in [0.3, 0.4) is 0 Å². The summed E-state index contributed by atoms with van der Waals surface area (Å²) >= 11 is 7.04. The first-order valence-electron chi connectivity index (χ1n) is 5.76. The number of rotatable bonds is 3. The highest BCUT2D eigenvalue weighted by Crippen LogP contribution is 2.36. The average molecular weight is 331 g/mol. The van der Waals surface area contributed by atoms with Crippen LogP contribution >= 0.6 is 23.4 Å². The van der Waals surface area contributed by atoms with E-state index in [1.165, 1.54) is 23.9 Å². The van der Waals surface area contributed by atoms with Gasteiger partial charge in [0, 0.05) is 20.4 Å². The molecule has 0 spiro atoms. The van der Waals surface area contributed by atoms with Crippen molar-refractivity contribution in [3.05, 3.63) is 58.6 Å². The molecule has 0 fully saturated rings. The summed E-state index contributed by atoms with van der Waals surface area (Å²) in [5, 5.41) is 7.89. The maximum absolute atomic E-state index is 12.8. The van der Waals surface area contributed by atoms with Crippen LogP contribution in [-0.4, -0.2) is 5.84 Å². The summed E-state index contributed by atoms with van der Waals surface area (Å²) in [6, 6.07) is 10.5. The molecule has 0 aliphatic heterocycles. The summed E-state index contributed by atoms with van der Waals surface area (Å²) in [6.07, 6.45) is -4.54. The van der Waals surface area contributed by atoms with E-state index in [0.717, 1.165) is 11.0 Å². The first-order valence-corrected chi connectivity index (χ1v) is 6.96. The number of nitrogens with two attached hydrogens (primary N) is 1. The molecule has 0 amide bonds. The van der Waals surface area contributed by atoms with Gasteiger partial charge in [0.25, 0.3) is 0 Å². The number of nitrogen functional groups attached to an aromatic ring is 1. The van der Waals surface area contributed by atoms with Gasteiger partial charge in [-0.15, -0.1) is 0 Å². The van der Waals surface area contributed by atoms with Crippen LogP contribution in [0.25, 0.3) is 0 Å². The molecule has 2 nitrogen and oxygen atoms in total. The fourth-order valence-electron chi connectivity index (χ4n) is 1.70. The first-order chi connectivity index (χ1) is 9.77. The van der Waals surface area contributed by atoms with Crippen LogP contribution < -0.4 is 5.73 Å². The third-order valence-corrected chi connectivity index (χ3v) is 3.89. The van der Waals surface area contributed by atoms with Crippen molar-refractivity contribution in [2.24, 2.45) is 5.73 Å². The summed E-state index contributed by atoms with van der Waals surface area (Å²) in [5.41, 5.74) is 4.02. The minimum absolute atomic E-state index is 0.318. The summed E-state index contributed by atoms with van der Waals surface area (Å²) in [5.74, 6) is -0.610. The normalized spacial score (nSPS) is 11.4. The Balaban J connectivity index is 2.36. The van der Waals surface area contributed by atoms with Crippen LogP contribution in [0.4, 0.5) is 13.2 Å². The average Bonchev–Trinajstić information content (AvgIpc) is 2.40. The van der Waals surface area contributed by atoms with Crippen molar-refractivity contribution in [1.82, 2.24) is 0 Å². The van der Waals surface area contributed by atoms with Gasteiger partial charge >= 0.3 is 6.18 Å². The van der Waals surface area contributed by atoms with E-state index in [-0.39, 0.29) is 5.56 Å². The molecule has 0 bridgehead atoms. The van der Waals surface area contributed by atoms with E-state index in [9.17, 15) is 13.2 Å². The second-order valence-corrected chi connectivity index (χ2v) is 5.76. The van der Waals surface area contributed by atoms with E-state index < -0.39 is 17.6 Å². The molecule has 2 rings (SSSR count). The van der Waals surface area contributed by atoms with Gasteiger partial charge < -0.3 is 5.73 Å². The fraction of sp³-hybridized carbons (Fsp3) is 0.0714. The summed E-state index contributed by atoms with van der Waals surface area (Å²) in [7, 11) is 0. The fourth-order valence-corrected chi connectivity index (χ4v) is 2.68. The first kappa shape index (κ1) is 15.7. The SMILES string of the molecule is N=C(N)c1cc(Sc2ccc(Cl)cc2)ccc1C(F)(F)F. The predicted molar refractivity (Wildman–Crippen MR) is 78.0 cm³/mol. The molecule has 0 aromatic heterocycles. The molecule has 0 radical (unpaired) electrons. The lowest BCUT2D eigenvalue weighted by Gasteiger charge is -2.13. The smallest absolute Gasteiger partial charge is 0.384 e. The zero-order chi connectivity index (χ0) is 15.6. The van der Waals surface area contributed by atoms with Crippen molar-refractivity contribution in [3.8, 4) is 0 Å². The van der Waals surface area contributed by atoms with Gasteiger partial charge in [-0.3, -0.25) is 5.41 Å². The molecule has 0 unspecified atom stereocenters. The van der Waals surface area contributed by atoms with Crippen LogP contribution in [-0.2, 0) is 6.18 Å². The highest BCUT2D eigenvalue weighted by molar-refractivity contribution is 7.99. The van der Waals surface area contributed by atoms with Gasteiger partial charge in [0.2, 0.25) is 0 Å². The maximum Gasteiger partial charge on any atom is 0.417 e. The van der Waals surface area contributed by atoms with Gasteiger partial charge in [0.05, 0.1) is 5.56 Å². The van der Waals surface area contributed by atoms with Gasteiger partial charge in [0.1, 0.15) is 5.84 Å². The lowest BCUT2D eigenvalue weighted by molar-refractivity contribution is -0.137. The molecular formula is C14H10ClF3N2S. The summed E-state index contributed by atoms with van der Waals surface area (Å²) in [4.78, 5) is 1.39. The van der Waals surface area contributed by atoms with Crippen LogP contribution in [0.5, 0.6) is 0 Å². The standard InChI is InChI=1S/C14H10ClF3N2S/c15-8-1-3-9(4-2-8)21-10-5-6-12(14(16,17)18)11(7-10)13(19)20/h1-7H,(H3,19,20). The molecule has 2 aromatic carbocycles. The molecule has 0 saturated heterocycles. The highest BCUT2D eigenvalue weighted by atomic mass is 35.5. The predicted octanol–water partition coefficient (Wildman–Crippen LogP) is 4.79. The van der Waals surface area contributed by atoms with Crippen LogP contribution in [0, 0.1) is 5.41 Å². The Labute approximate surface area is 128 Å². The molecular weight excluding hydrogens is 321 g/mol. The van der Waals surface area contributed by atoms with E-state index >= 15 is 0 Å². The van der Waals surface area contributed by atoms with Gasteiger partial charge in [0.15, 0.2) is 0 Å². The van der Waals surface area contributed by atoms with Crippen molar-refractivity contribution >= 4 is 29.2 Å². The van der Waals surface area contributed by atoms with Gasteiger partial charge in [-0.25, -0.2) is 0 Å². The van der Waals surface area contributed by atoms with Gasteiger partial charge in [-0.05, 0) is 42.5 Å². The van der Waals surface area contributed by atoms with Crippen LogP contribution in [0.2, 0.25) is 5.02 Å². The zero-order valence-electron chi connectivity index (χ0n) is 10.5. The number of benzene rings is 2. The Morgan fingerprint density at radius 2 is 1.62 bits per heavy atom. The third-order valence-electron chi connectivity index (χ3n) is 2.64. The lowest BCUT2D eigenvalue weighted by Crippen LogP contribution is -2.18. The Morgan fingerprint density at radius 3 is 2.14 bits per heavy atom. The summed E-state index contributed by atoms with van der Waals surface area (Å²) < 4.78 is 38.5. The third kappa shape index (κ3) is 3.92. The molecule has 0 aliphatic carbocycles. The van der Waals surface area contributed by atoms with Crippen molar-refractivity contribution < 1.29 is 13.2 Å². The molecule has 3 N–H and O–H groups in total. The number of alkyl halides is 3. The topological polar surface area (TPSA) is 49.9 Å². The van der Waals surface area contributed by atoms with Crippen molar-refractivity contribution in [2.75, 3.05) is 0 Å². The zero-order valence-corrected chi connectivity index (χ0v) is 12.1. The monoisotopic (exact) mass is 330 g/mol. The summed E-state index contributed by atoms with van der Waals surface area (Å²) in [6.45, 7) is 0. The number of nitrogens with one attached hydrogen (secondary N) is 1. The van der Waals surface area contributed by atoms with Crippen molar-refractivity contribution in [1.29, 1.82) is 5.41 Å².